The van der Waals surface area contributed by atoms with Gasteiger partial charge in [0.15, 0.2) is 5.05 Å². The first-order valence-corrected chi connectivity index (χ1v) is 3.04. The van der Waals surface area contributed by atoms with Gasteiger partial charge in [-0.2, -0.15) is 0 Å². The molecule has 0 aliphatic carbocycles. The van der Waals surface area contributed by atoms with Gasteiger partial charge in [0, 0.05) is 6.92 Å². The topological polar surface area (TPSA) is 18.5 Å². The Morgan fingerprint density at radius 3 is 2.78 bits per heavy atom. The van der Waals surface area contributed by atoms with E-state index in [2.05, 4.69) is 18.8 Å². The number of thiocarbonyl (C=S) groups is 1. The van der Waals surface area contributed by atoms with Crippen LogP contribution in [0.3, 0.4) is 0 Å². The lowest BCUT2D eigenvalue weighted by Gasteiger charge is -2.01. The van der Waals surface area contributed by atoms with E-state index >= 15 is 0 Å². The molecule has 0 bridgehead atoms. The summed E-state index contributed by atoms with van der Waals surface area (Å²) in [6.45, 7) is 6.10. The SMILES string of the molecule is C=COCCOC(C)=S. The maximum absolute atomic E-state index is 4.90. The lowest BCUT2D eigenvalue weighted by molar-refractivity contribution is 0.175. The highest BCUT2D eigenvalue weighted by atomic mass is 32.1. The van der Waals surface area contributed by atoms with E-state index in [4.69, 9.17) is 9.47 Å². The summed E-state index contributed by atoms with van der Waals surface area (Å²) in [5.41, 5.74) is 0. The van der Waals surface area contributed by atoms with Crippen molar-refractivity contribution in [1.82, 2.24) is 0 Å². The Morgan fingerprint density at radius 2 is 2.33 bits per heavy atom. The molecular weight excluding hydrogens is 136 g/mol. The molecule has 2 nitrogen and oxygen atoms in total. The second kappa shape index (κ2) is 5.56. The molecular formula is C6H10O2S. The summed E-state index contributed by atoms with van der Waals surface area (Å²) >= 11 is 4.64. The summed E-state index contributed by atoms with van der Waals surface area (Å²) in [7, 11) is 0. The first-order chi connectivity index (χ1) is 4.27. The average molecular weight is 146 g/mol. The fourth-order valence-corrected chi connectivity index (χ4v) is 0.400. The molecule has 0 fully saturated rings. The lowest BCUT2D eigenvalue weighted by atomic mass is 10.7. The van der Waals surface area contributed by atoms with Crippen LogP contribution < -0.4 is 0 Å². The molecule has 0 radical (unpaired) electrons. The van der Waals surface area contributed by atoms with Gasteiger partial charge in [-0.05, 0) is 12.2 Å². The molecule has 0 aromatic carbocycles. The van der Waals surface area contributed by atoms with E-state index in [1.54, 1.807) is 6.92 Å². The van der Waals surface area contributed by atoms with Gasteiger partial charge in [0.05, 0.1) is 6.26 Å². The predicted molar refractivity (Wildman–Crippen MR) is 40.4 cm³/mol. The van der Waals surface area contributed by atoms with Crippen LogP contribution in [0.15, 0.2) is 12.8 Å². The normalized spacial score (nSPS) is 8.11. The first-order valence-electron chi connectivity index (χ1n) is 2.63. The standard InChI is InChI=1S/C6H10O2S/c1-3-7-4-5-8-6(2)9/h3H,1,4-5H2,2H3. The van der Waals surface area contributed by atoms with Crippen molar-refractivity contribution < 1.29 is 9.47 Å². The van der Waals surface area contributed by atoms with Crippen LogP contribution in [0.1, 0.15) is 6.92 Å². The fraction of sp³-hybridized carbons (Fsp3) is 0.500. The molecule has 0 aromatic heterocycles. The Labute approximate surface area is 60.5 Å². The molecule has 0 atom stereocenters. The Morgan fingerprint density at radius 1 is 1.67 bits per heavy atom. The molecule has 0 aromatic rings. The van der Waals surface area contributed by atoms with Gasteiger partial charge in [0.25, 0.3) is 0 Å². The molecule has 0 heterocycles. The molecule has 0 rings (SSSR count). The molecule has 3 heteroatoms. The van der Waals surface area contributed by atoms with Gasteiger partial charge in [0.2, 0.25) is 0 Å². The van der Waals surface area contributed by atoms with Crippen molar-refractivity contribution in [3.05, 3.63) is 12.8 Å². The second-order valence-electron chi connectivity index (χ2n) is 1.38. The Balaban J connectivity index is 2.91. The molecule has 0 amide bonds. The molecule has 0 aliphatic heterocycles. The van der Waals surface area contributed by atoms with E-state index in [1.807, 2.05) is 0 Å². The van der Waals surface area contributed by atoms with Crippen molar-refractivity contribution in [2.45, 2.75) is 6.92 Å². The molecule has 0 saturated carbocycles. The van der Waals surface area contributed by atoms with Gasteiger partial charge >= 0.3 is 0 Å². The maximum atomic E-state index is 4.90. The highest BCUT2D eigenvalue weighted by molar-refractivity contribution is 7.80. The maximum Gasteiger partial charge on any atom is 0.156 e. The molecule has 0 aliphatic rings. The lowest BCUT2D eigenvalue weighted by Crippen LogP contribution is -2.03. The highest BCUT2D eigenvalue weighted by Gasteiger charge is 1.85. The quantitative estimate of drug-likeness (QED) is 0.340. The van der Waals surface area contributed by atoms with Crippen LogP contribution in [0.4, 0.5) is 0 Å². The van der Waals surface area contributed by atoms with Gasteiger partial charge in [-0.25, -0.2) is 0 Å². The van der Waals surface area contributed by atoms with Gasteiger partial charge in [0.1, 0.15) is 13.2 Å². The summed E-state index contributed by atoms with van der Waals surface area (Å²) in [5, 5.41) is 0.544. The van der Waals surface area contributed by atoms with E-state index in [0.29, 0.717) is 18.3 Å². The third kappa shape index (κ3) is 7.43. The van der Waals surface area contributed by atoms with Gasteiger partial charge in [-0.15, -0.1) is 0 Å². The van der Waals surface area contributed by atoms with E-state index in [1.165, 1.54) is 6.26 Å². The van der Waals surface area contributed by atoms with Crippen LogP contribution in [-0.2, 0) is 9.47 Å². The summed E-state index contributed by atoms with van der Waals surface area (Å²) in [4.78, 5) is 0. The number of ether oxygens (including phenoxy) is 2. The Hall–Kier alpha value is -0.570. The van der Waals surface area contributed by atoms with Crippen molar-refractivity contribution in [2.24, 2.45) is 0 Å². The Bertz CT molecular complexity index is 101. The molecule has 0 N–H and O–H groups in total. The average Bonchev–Trinajstić information content (AvgIpc) is 1.80. The van der Waals surface area contributed by atoms with Crippen LogP contribution >= 0.6 is 12.2 Å². The van der Waals surface area contributed by atoms with E-state index in [9.17, 15) is 0 Å². The molecule has 9 heavy (non-hydrogen) atoms. The smallest absolute Gasteiger partial charge is 0.156 e. The summed E-state index contributed by atoms with van der Waals surface area (Å²) in [5.74, 6) is 0. The Kier molecular flexibility index (Phi) is 5.21. The number of hydrogen-bond acceptors (Lipinski definition) is 3. The minimum absolute atomic E-state index is 0.501. The van der Waals surface area contributed by atoms with Crippen molar-refractivity contribution in [3.63, 3.8) is 0 Å². The van der Waals surface area contributed by atoms with E-state index in [0.717, 1.165) is 0 Å². The zero-order valence-corrected chi connectivity index (χ0v) is 6.24. The van der Waals surface area contributed by atoms with Gasteiger partial charge < -0.3 is 9.47 Å². The third-order valence-corrected chi connectivity index (χ3v) is 0.742. The number of hydrogen-bond donors (Lipinski definition) is 0. The first kappa shape index (κ1) is 8.43. The molecule has 52 valence electrons. The minimum atomic E-state index is 0.501. The van der Waals surface area contributed by atoms with Gasteiger partial charge in [-0.1, -0.05) is 6.58 Å². The third-order valence-electron chi connectivity index (χ3n) is 0.624. The second-order valence-corrected chi connectivity index (χ2v) is 1.95. The van der Waals surface area contributed by atoms with Crippen molar-refractivity contribution in [2.75, 3.05) is 13.2 Å². The van der Waals surface area contributed by atoms with Crippen LogP contribution in [0, 0.1) is 0 Å². The van der Waals surface area contributed by atoms with Gasteiger partial charge in [-0.3, -0.25) is 0 Å². The summed E-state index contributed by atoms with van der Waals surface area (Å²) in [6, 6.07) is 0. The van der Waals surface area contributed by atoms with Crippen LogP contribution in [0.5, 0.6) is 0 Å². The zero-order valence-electron chi connectivity index (χ0n) is 5.42. The monoisotopic (exact) mass is 146 g/mol. The number of rotatable bonds is 4. The zero-order chi connectivity index (χ0) is 7.11. The van der Waals surface area contributed by atoms with Crippen LogP contribution in [0.2, 0.25) is 0 Å². The van der Waals surface area contributed by atoms with E-state index < -0.39 is 0 Å². The van der Waals surface area contributed by atoms with Crippen molar-refractivity contribution >= 4 is 17.3 Å². The van der Waals surface area contributed by atoms with Crippen LogP contribution in [0.25, 0.3) is 0 Å². The van der Waals surface area contributed by atoms with Crippen molar-refractivity contribution in [1.29, 1.82) is 0 Å². The minimum Gasteiger partial charge on any atom is -0.498 e. The predicted octanol–water partition coefficient (Wildman–Crippen LogP) is 1.51. The summed E-state index contributed by atoms with van der Waals surface area (Å²) in [6.07, 6.45) is 1.38. The highest BCUT2D eigenvalue weighted by Crippen LogP contribution is 1.80. The molecule has 0 saturated heterocycles. The molecule has 0 spiro atoms. The van der Waals surface area contributed by atoms with Crippen LogP contribution in [-0.4, -0.2) is 18.3 Å². The fourth-order valence-electron chi connectivity index (χ4n) is 0.317. The van der Waals surface area contributed by atoms with Crippen molar-refractivity contribution in [3.8, 4) is 0 Å². The molecule has 0 unspecified atom stereocenters. The summed E-state index contributed by atoms with van der Waals surface area (Å²) < 4.78 is 9.67. The largest absolute Gasteiger partial charge is 0.498 e. The van der Waals surface area contributed by atoms with E-state index in [-0.39, 0.29) is 0 Å².